The number of amides is 1. The average molecular weight is 171 g/mol. The zero-order valence-electron chi connectivity index (χ0n) is 7.55. The van der Waals surface area contributed by atoms with Crippen molar-refractivity contribution in [3.8, 4) is 0 Å². The number of carbonyl (C=O) groups is 1. The van der Waals surface area contributed by atoms with E-state index >= 15 is 0 Å². The van der Waals surface area contributed by atoms with Crippen LogP contribution in [0.5, 0.6) is 0 Å². The summed E-state index contributed by atoms with van der Waals surface area (Å²) >= 11 is 0. The summed E-state index contributed by atoms with van der Waals surface area (Å²) in [7, 11) is 0. The molecule has 0 spiro atoms. The third-order valence-corrected chi connectivity index (χ3v) is 2.05. The lowest BCUT2D eigenvalue weighted by Crippen LogP contribution is -2.49. The number of hydrazine groups is 1. The van der Waals surface area contributed by atoms with Gasteiger partial charge in [-0.25, -0.2) is 5.01 Å². The van der Waals surface area contributed by atoms with Crippen LogP contribution in [0.2, 0.25) is 0 Å². The second-order valence-corrected chi connectivity index (χ2v) is 3.43. The summed E-state index contributed by atoms with van der Waals surface area (Å²) in [6.07, 6.45) is 1.62. The summed E-state index contributed by atoms with van der Waals surface area (Å²) in [5.74, 6) is 0.578. The van der Waals surface area contributed by atoms with Crippen LogP contribution in [-0.2, 0) is 4.79 Å². The molecule has 1 aliphatic heterocycles. The molecule has 1 rings (SSSR count). The van der Waals surface area contributed by atoms with Gasteiger partial charge in [-0.3, -0.25) is 10.2 Å². The molecule has 1 saturated heterocycles. The predicted octanol–water partition coefficient (Wildman–Crippen LogP) is -0.292. The van der Waals surface area contributed by atoms with Crippen LogP contribution >= 0.6 is 0 Å². The molecular weight excluding hydrogens is 154 g/mol. The summed E-state index contributed by atoms with van der Waals surface area (Å²) in [4.78, 5) is 11.0. The highest BCUT2D eigenvalue weighted by Crippen LogP contribution is 2.03. The molecule has 0 radical (unpaired) electrons. The van der Waals surface area contributed by atoms with Crippen LogP contribution in [0.3, 0.4) is 0 Å². The highest BCUT2D eigenvalue weighted by atomic mass is 16.2. The maximum atomic E-state index is 11.0. The fourth-order valence-corrected chi connectivity index (χ4v) is 1.31. The molecule has 12 heavy (non-hydrogen) atoms. The lowest BCUT2D eigenvalue weighted by Gasteiger charge is -2.29. The van der Waals surface area contributed by atoms with Gasteiger partial charge in [-0.15, -0.1) is 0 Å². The Morgan fingerprint density at radius 2 is 2.50 bits per heavy atom. The number of hydrogen-bond donors (Lipinski definition) is 2. The van der Waals surface area contributed by atoms with Gasteiger partial charge in [0, 0.05) is 19.5 Å². The molecule has 0 aromatic carbocycles. The largest absolute Gasteiger partial charge is 0.330 e. The third-order valence-electron chi connectivity index (χ3n) is 2.05. The molecule has 3 N–H and O–H groups in total. The molecule has 0 aromatic rings. The van der Waals surface area contributed by atoms with Crippen LogP contribution in [0.4, 0.5) is 0 Å². The van der Waals surface area contributed by atoms with E-state index in [1.54, 1.807) is 0 Å². The first-order chi connectivity index (χ1) is 5.72. The summed E-state index contributed by atoms with van der Waals surface area (Å²) in [6.45, 7) is 4.57. The van der Waals surface area contributed by atoms with Gasteiger partial charge in [-0.1, -0.05) is 6.92 Å². The predicted molar refractivity (Wildman–Crippen MR) is 47.2 cm³/mol. The van der Waals surface area contributed by atoms with E-state index in [1.807, 2.05) is 5.01 Å². The quantitative estimate of drug-likeness (QED) is 0.613. The Morgan fingerprint density at radius 3 is 3.08 bits per heavy atom. The number of nitrogens with two attached hydrogens (primary N) is 1. The van der Waals surface area contributed by atoms with Crippen molar-refractivity contribution in [1.82, 2.24) is 10.4 Å². The maximum absolute atomic E-state index is 11.0. The smallest absolute Gasteiger partial charge is 0.234 e. The second-order valence-electron chi connectivity index (χ2n) is 3.43. The van der Waals surface area contributed by atoms with E-state index in [2.05, 4.69) is 12.3 Å². The van der Waals surface area contributed by atoms with Crippen molar-refractivity contribution >= 4 is 5.91 Å². The lowest BCUT2D eigenvalue weighted by atomic mass is 10.1. The van der Waals surface area contributed by atoms with Gasteiger partial charge < -0.3 is 5.73 Å². The van der Waals surface area contributed by atoms with Crippen molar-refractivity contribution < 1.29 is 4.79 Å². The Bertz CT molecular complexity index is 160. The Hall–Kier alpha value is -0.610. The molecule has 1 unspecified atom stereocenters. The van der Waals surface area contributed by atoms with Crippen molar-refractivity contribution in [2.45, 2.75) is 19.8 Å². The van der Waals surface area contributed by atoms with E-state index in [0.29, 0.717) is 18.9 Å². The van der Waals surface area contributed by atoms with Gasteiger partial charge in [0.1, 0.15) is 0 Å². The Labute approximate surface area is 73.1 Å². The summed E-state index contributed by atoms with van der Waals surface area (Å²) in [5, 5.41) is 1.96. The van der Waals surface area contributed by atoms with Gasteiger partial charge in [0.05, 0.1) is 0 Å². The number of rotatable bonds is 3. The first-order valence-corrected chi connectivity index (χ1v) is 4.47. The van der Waals surface area contributed by atoms with Gasteiger partial charge in [0.15, 0.2) is 0 Å². The van der Waals surface area contributed by atoms with Crippen LogP contribution in [0.15, 0.2) is 0 Å². The van der Waals surface area contributed by atoms with Crippen molar-refractivity contribution in [2.75, 3.05) is 19.6 Å². The highest BCUT2D eigenvalue weighted by molar-refractivity contribution is 5.75. The number of hydrogen-bond acceptors (Lipinski definition) is 3. The summed E-state index contributed by atoms with van der Waals surface area (Å²) in [6, 6.07) is 0. The fourth-order valence-electron chi connectivity index (χ4n) is 1.31. The second kappa shape index (κ2) is 4.42. The highest BCUT2D eigenvalue weighted by Gasteiger charge is 2.16. The third kappa shape index (κ3) is 2.79. The van der Waals surface area contributed by atoms with Gasteiger partial charge in [0.2, 0.25) is 5.91 Å². The Morgan fingerprint density at radius 1 is 1.75 bits per heavy atom. The Kier molecular flexibility index (Phi) is 3.49. The molecule has 0 aliphatic carbocycles. The molecule has 1 atom stereocenters. The molecule has 1 aliphatic rings. The van der Waals surface area contributed by atoms with Crippen LogP contribution in [-0.4, -0.2) is 30.6 Å². The summed E-state index contributed by atoms with van der Waals surface area (Å²) in [5.41, 5.74) is 8.30. The molecule has 0 bridgehead atoms. The average Bonchev–Trinajstić information content (AvgIpc) is 2.04. The molecule has 4 nitrogen and oxygen atoms in total. The lowest BCUT2D eigenvalue weighted by molar-refractivity contribution is -0.129. The zero-order valence-corrected chi connectivity index (χ0v) is 7.55. The van der Waals surface area contributed by atoms with E-state index in [-0.39, 0.29) is 5.91 Å². The van der Waals surface area contributed by atoms with Gasteiger partial charge >= 0.3 is 0 Å². The van der Waals surface area contributed by atoms with Crippen molar-refractivity contribution in [2.24, 2.45) is 11.7 Å². The van der Waals surface area contributed by atoms with E-state index in [4.69, 9.17) is 5.73 Å². The zero-order chi connectivity index (χ0) is 8.97. The number of nitrogens with one attached hydrogen (secondary N) is 1. The number of carbonyl (C=O) groups excluding carboxylic acids is 1. The van der Waals surface area contributed by atoms with Crippen LogP contribution in [0.25, 0.3) is 0 Å². The van der Waals surface area contributed by atoms with Crippen LogP contribution in [0.1, 0.15) is 19.8 Å². The summed E-state index contributed by atoms with van der Waals surface area (Å²) < 4.78 is 0. The normalized spacial score (nSPS) is 22.0. The van der Waals surface area contributed by atoms with E-state index in [1.165, 1.54) is 0 Å². The molecule has 0 aromatic heterocycles. The number of nitrogens with zero attached hydrogens (tertiary/aromatic N) is 1. The molecule has 1 amide bonds. The molecule has 4 heteroatoms. The monoisotopic (exact) mass is 171 g/mol. The van der Waals surface area contributed by atoms with E-state index in [0.717, 1.165) is 19.5 Å². The van der Waals surface area contributed by atoms with Gasteiger partial charge in [-0.2, -0.15) is 0 Å². The van der Waals surface area contributed by atoms with E-state index in [9.17, 15) is 4.79 Å². The van der Waals surface area contributed by atoms with Crippen molar-refractivity contribution in [3.05, 3.63) is 0 Å². The maximum Gasteiger partial charge on any atom is 0.234 e. The SMILES string of the molecule is CC(CN)CN1CCCC(=O)N1. The van der Waals surface area contributed by atoms with E-state index < -0.39 is 0 Å². The standard InChI is InChI=1S/C8H17N3O/c1-7(5-9)6-11-4-2-3-8(12)10-11/h7H,2-6,9H2,1H3,(H,10,12). The van der Waals surface area contributed by atoms with Crippen LogP contribution in [0, 0.1) is 5.92 Å². The molecule has 1 heterocycles. The first-order valence-electron chi connectivity index (χ1n) is 4.47. The molecule has 70 valence electrons. The molecular formula is C8H17N3O. The van der Waals surface area contributed by atoms with Gasteiger partial charge in [0.25, 0.3) is 0 Å². The fraction of sp³-hybridized carbons (Fsp3) is 0.875. The van der Waals surface area contributed by atoms with Crippen molar-refractivity contribution in [3.63, 3.8) is 0 Å². The van der Waals surface area contributed by atoms with Crippen molar-refractivity contribution in [1.29, 1.82) is 0 Å². The minimum Gasteiger partial charge on any atom is -0.330 e. The Balaban J connectivity index is 2.27. The minimum absolute atomic E-state index is 0.130. The van der Waals surface area contributed by atoms with Crippen LogP contribution < -0.4 is 11.2 Å². The minimum atomic E-state index is 0.130. The molecule has 0 saturated carbocycles. The topological polar surface area (TPSA) is 58.4 Å². The van der Waals surface area contributed by atoms with Gasteiger partial charge in [-0.05, 0) is 18.9 Å². The molecule has 1 fully saturated rings. The first kappa shape index (κ1) is 9.48.